The smallest absolute Gasteiger partial charge is 0.243 e. The lowest BCUT2D eigenvalue weighted by Gasteiger charge is -2.26. The zero-order valence-corrected chi connectivity index (χ0v) is 19.8. The number of piperidine rings is 1. The number of sulfonamides is 1. The topological polar surface area (TPSA) is 69.7 Å². The molecule has 1 atom stereocenters. The van der Waals surface area contributed by atoms with Crippen LogP contribution < -0.4 is 5.32 Å². The number of anilines is 1. The lowest BCUT2D eigenvalue weighted by molar-refractivity contribution is -0.117. The van der Waals surface area contributed by atoms with E-state index >= 15 is 0 Å². The summed E-state index contributed by atoms with van der Waals surface area (Å²) >= 11 is 0. The van der Waals surface area contributed by atoms with Gasteiger partial charge in [0, 0.05) is 24.8 Å². The molecule has 0 aromatic heterocycles. The number of rotatable bonds is 6. The quantitative estimate of drug-likeness (QED) is 0.707. The molecule has 0 aliphatic carbocycles. The Bertz CT molecular complexity index is 1080. The molecular formula is C25H33N3O3S. The number of nitrogens with one attached hydrogen (secondary N) is 1. The number of hydrogen-bond donors (Lipinski definition) is 1. The maximum atomic E-state index is 13.1. The van der Waals surface area contributed by atoms with Gasteiger partial charge in [-0.2, -0.15) is 4.31 Å². The van der Waals surface area contributed by atoms with Crippen LogP contribution in [0.5, 0.6) is 0 Å². The normalized spacial score (nSPS) is 20.4. The van der Waals surface area contributed by atoms with Crippen LogP contribution in [-0.2, 0) is 14.8 Å². The molecule has 0 bridgehead atoms. The van der Waals surface area contributed by atoms with Crippen LogP contribution in [0.3, 0.4) is 0 Å². The molecule has 172 valence electrons. The lowest BCUT2D eigenvalue weighted by Crippen LogP contribution is -2.35. The molecule has 32 heavy (non-hydrogen) atoms. The van der Waals surface area contributed by atoms with E-state index in [9.17, 15) is 13.2 Å². The summed E-state index contributed by atoms with van der Waals surface area (Å²) in [5.41, 5.74) is 3.95. The molecule has 2 heterocycles. The second-order valence-corrected chi connectivity index (χ2v) is 10.9. The molecule has 1 amide bonds. The summed E-state index contributed by atoms with van der Waals surface area (Å²) in [7, 11) is -3.54. The van der Waals surface area contributed by atoms with Crippen molar-refractivity contribution in [3.8, 4) is 0 Å². The van der Waals surface area contributed by atoms with Gasteiger partial charge in [0.2, 0.25) is 15.9 Å². The van der Waals surface area contributed by atoms with Gasteiger partial charge in [0.25, 0.3) is 0 Å². The van der Waals surface area contributed by atoms with Crippen molar-refractivity contribution in [1.29, 1.82) is 0 Å². The fourth-order valence-electron chi connectivity index (χ4n) is 4.85. The second kappa shape index (κ2) is 9.73. The number of aryl methyl sites for hydroxylation is 2. The third-order valence-corrected chi connectivity index (χ3v) is 8.59. The minimum Gasteiger partial charge on any atom is -0.325 e. The summed E-state index contributed by atoms with van der Waals surface area (Å²) in [6.45, 7) is 6.30. The van der Waals surface area contributed by atoms with Crippen molar-refractivity contribution in [2.45, 2.75) is 56.9 Å². The van der Waals surface area contributed by atoms with Gasteiger partial charge in [-0.25, -0.2) is 8.42 Å². The lowest BCUT2D eigenvalue weighted by atomic mass is 9.99. The summed E-state index contributed by atoms with van der Waals surface area (Å²) in [6.07, 6.45) is 4.97. The van der Waals surface area contributed by atoms with Crippen molar-refractivity contribution >= 4 is 21.6 Å². The molecule has 1 unspecified atom stereocenters. The van der Waals surface area contributed by atoms with Gasteiger partial charge in [-0.05, 0) is 74.9 Å². The maximum Gasteiger partial charge on any atom is 0.243 e. The van der Waals surface area contributed by atoms with Crippen molar-refractivity contribution in [1.82, 2.24) is 9.21 Å². The first-order chi connectivity index (χ1) is 15.4. The van der Waals surface area contributed by atoms with Crippen LogP contribution >= 0.6 is 0 Å². The average Bonchev–Trinajstić information content (AvgIpc) is 3.23. The number of likely N-dealkylation sites (tertiary alicyclic amines) is 1. The summed E-state index contributed by atoms with van der Waals surface area (Å²) in [5.74, 6) is -0.110. The van der Waals surface area contributed by atoms with Gasteiger partial charge < -0.3 is 5.32 Å². The Kier molecular flexibility index (Phi) is 6.98. The molecule has 0 radical (unpaired) electrons. The number of amides is 1. The Morgan fingerprint density at radius 2 is 1.72 bits per heavy atom. The van der Waals surface area contributed by atoms with Gasteiger partial charge in [0.1, 0.15) is 0 Å². The van der Waals surface area contributed by atoms with Crippen molar-refractivity contribution in [3.63, 3.8) is 0 Å². The number of carbonyl (C=O) groups excluding carboxylic acids is 1. The third kappa shape index (κ3) is 4.90. The van der Waals surface area contributed by atoms with E-state index in [1.165, 1.54) is 11.1 Å². The van der Waals surface area contributed by atoms with Crippen LogP contribution in [0.15, 0.2) is 47.4 Å². The first-order valence-electron chi connectivity index (χ1n) is 11.6. The van der Waals surface area contributed by atoms with E-state index in [1.54, 1.807) is 22.5 Å². The monoisotopic (exact) mass is 455 g/mol. The van der Waals surface area contributed by atoms with E-state index in [1.807, 2.05) is 13.0 Å². The third-order valence-electron chi connectivity index (χ3n) is 6.69. The molecule has 2 aliphatic heterocycles. The molecule has 0 spiro atoms. The Labute approximate surface area is 191 Å². The number of hydrogen-bond acceptors (Lipinski definition) is 4. The Morgan fingerprint density at radius 3 is 2.47 bits per heavy atom. The molecule has 0 saturated carbocycles. The summed E-state index contributed by atoms with van der Waals surface area (Å²) in [4.78, 5) is 15.4. The highest BCUT2D eigenvalue weighted by Crippen LogP contribution is 2.33. The first kappa shape index (κ1) is 23.0. The highest BCUT2D eigenvalue weighted by molar-refractivity contribution is 7.89. The SMILES string of the molecule is Cc1ccc(S(=O)(=O)N2CCCCC2)cc1NC(=O)CN1CCCC1c1ccccc1C. The van der Waals surface area contributed by atoms with Crippen LogP contribution in [0, 0.1) is 13.8 Å². The maximum absolute atomic E-state index is 13.1. The predicted octanol–water partition coefficient (Wildman–Crippen LogP) is 4.25. The molecule has 2 aliphatic rings. The van der Waals surface area contributed by atoms with Gasteiger partial charge in [0.15, 0.2) is 0 Å². The molecule has 2 saturated heterocycles. The highest BCUT2D eigenvalue weighted by Gasteiger charge is 2.29. The first-order valence-corrected chi connectivity index (χ1v) is 13.0. The fourth-order valence-corrected chi connectivity index (χ4v) is 6.40. The van der Waals surface area contributed by atoms with Crippen molar-refractivity contribution < 1.29 is 13.2 Å². The van der Waals surface area contributed by atoms with Crippen molar-refractivity contribution in [2.75, 3.05) is 31.5 Å². The van der Waals surface area contributed by atoms with Gasteiger partial charge >= 0.3 is 0 Å². The predicted molar refractivity (Wildman–Crippen MR) is 127 cm³/mol. The van der Waals surface area contributed by atoms with E-state index in [-0.39, 0.29) is 16.8 Å². The zero-order valence-electron chi connectivity index (χ0n) is 19.0. The number of nitrogens with zero attached hydrogens (tertiary/aromatic N) is 2. The molecule has 4 rings (SSSR count). The second-order valence-electron chi connectivity index (χ2n) is 8.97. The van der Waals surface area contributed by atoms with Gasteiger partial charge in [-0.1, -0.05) is 36.8 Å². The Morgan fingerprint density at radius 1 is 0.969 bits per heavy atom. The summed E-state index contributed by atoms with van der Waals surface area (Å²) in [5, 5.41) is 2.98. The van der Waals surface area contributed by atoms with Gasteiger partial charge in [-0.3, -0.25) is 9.69 Å². The van der Waals surface area contributed by atoms with Gasteiger partial charge in [-0.15, -0.1) is 0 Å². The summed E-state index contributed by atoms with van der Waals surface area (Å²) < 4.78 is 27.7. The minimum absolute atomic E-state index is 0.110. The fraction of sp³-hybridized carbons (Fsp3) is 0.480. The van der Waals surface area contributed by atoms with Crippen LogP contribution in [0.4, 0.5) is 5.69 Å². The van der Waals surface area contributed by atoms with E-state index in [2.05, 4.69) is 35.3 Å². The van der Waals surface area contributed by atoms with Crippen LogP contribution in [0.2, 0.25) is 0 Å². The molecule has 2 aromatic carbocycles. The van der Waals surface area contributed by atoms with Crippen LogP contribution in [0.25, 0.3) is 0 Å². The molecule has 6 nitrogen and oxygen atoms in total. The van der Waals surface area contributed by atoms with Gasteiger partial charge in [0.05, 0.1) is 11.4 Å². The molecule has 2 fully saturated rings. The van der Waals surface area contributed by atoms with Crippen molar-refractivity contribution in [3.05, 3.63) is 59.2 Å². The van der Waals surface area contributed by atoms with E-state index < -0.39 is 10.0 Å². The van der Waals surface area contributed by atoms with Crippen LogP contribution in [0.1, 0.15) is 54.8 Å². The molecule has 2 aromatic rings. The standard InChI is InChI=1S/C25H33N3O3S/c1-19-9-4-5-10-22(19)24-11-8-14-27(24)18-25(29)26-23-17-21(13-12-20(23)2)32(30,31)28-15-6-3-7-16-28/h4-5,9-10,12-13,17,24H,3,6-8,11,14-16,18H2,1-2H3,(H,26,29). The molecule has 1 N–H and O–H groups in total. The molecular weight excluding hydrogens is 422 g/mol. The largest absolute Gasteiger partial charge is 0.325 e. The van der Waals surface area contributed by atoms with E-state index in [0.717, 1.165) is 44.2 Å². The van der Waals surface area contributed by atoms with Crippen LogP contribution in [-0.4, -0.2) is 49.7 Å². The number of benzene rings is 2. The summed E-state index contributed by atoms with van der Waals surface area (Å²) in [6, 6.07) is 13.6. The highest BCUT2D eigenvalue weighted by atomic mass is 32.2. The van der Waals surface area contributed by atoms with Crippen molar-refractivity contribution in [2.24, 2.45) is 0 Å². The van der Waals surface area contributed by atoms with E-state index in [0.29, 0.717) is 25.3 Å². The molecule has 7 heteroatoms. The number of carbonyl (C=O) groups is 1. The minimum atomic E-state index is -3.54. The average molecular weight is 456 g/mol. The van der Waals surface area contributed by atoms with E-state index in [4.69, 9.17) is 0 Å². The zero-order chi connectivity index (χ0) is 22.7. The Balaban J connectivity index is 1.47. The Hall–Kier alpha value is -2.22.